The van der Waals surface area contributed by atoms with Crippen LogP contribution in [0.2, 0.25) is 0 Å². The fraction of sp³-hybridized carbons (Fsp3) is 0.316. The van der Waals surface area contributed by atoms with Crippen molar-refractivity contribution in [3.05, 3.63) is 64.7 Å². The van der Waals surface area contributed by atoms with Crippen LogP contribution in [0.25, 0.3) is 0 Å². The van der Waals surface area contributed by atoms with Crippen LogP contribution in [0.4, 0.5) is 5.69 Å². The molecular formula is C19H24N2O3S. The molecule has 6 heteroatoms. The molecule has 0 spiro atoms. The number of carbonyl (C=O) groups is 1. The molecule has 0 fully saturated rings. The Hall–Kier alpha value is -2.18. The Labute approximate surface area is 149 Å². The molecule has 0 heterocycles. The third kappa shape index (κ3) is 5.69. The first-order chi connectivity index (χ1) is 11.6. The number of anilines is 1. The Morgan fingerprint density at radius 1 is 1.00 bits per heavy atom. The molecule has 0 radical (unpaired) electrons. The molecule has 2 aromatic carbocycles. The molecule has 0 unspecified atom stereocenters. The van der Waals surface area contributed by atoms with E-state index in [0.29, 0.717) is 5.69 Å². The van der Waals surface area contributed by atoms with E-state index in [4.69, 9.17) is 0 Å². The summed E-state index contributed by atoms with van der Waals surface area (Å²) in [6.45, 7) is 5.87. The fourth-order valence-corrected chi connectivity index (χ4v) is 3.10. The van der Waals surface area contributed by atoms with Crippen molar-refractivity contribution in [3.63, 3.8) is 0 Å². The second-order valence-electron chi connectivity index (χ2n) is 6.36. The summed E-state index contributed by atoms with van der Waals surface area (Å²) in [4.78, 5) is 12.3. The molecule has 1 amide bonds. The highest BCUT2D eigenvalue weighted by molar-refractivity contribution is 7.88. The Morgan fingerprint density at radius 3 is 2.20 bits per heavy atom. The SMILES string of the molecule is Cc1ccc(CN(CC(=O)Nc2ccc(C)c(C)c2)S(C)(=O)=O)cc1. The number of rotatable bonds is 6. The number of hydrogen-bond donors (Lipinski definition) is 1. The standard InChI is InChI=1S/C19H24N2O3S/c1-14-5-8-17(9-6-14)12-21(25(4,23)24)13-19(22)20-18-10-7-15(2)16(3)11-18/h5-11H,12-13H2,1-4H3,(H,20,22). The van der Waals surface area contributed by atoms with Gasteiger partial charge in [-0.25, -0.2) is 8.42 Å². The summed E-state index contributed by atoms with van der Waals surface area (Å²) in [5, 5.41) is 2.76. The molecule has 0 aliphatic carbocycles. The molecule has 0 atom stereocenters. The van der Waals surface area contributed by atoms with Gasteiger partial charge in [-0.1, -0.05) is 35.9 Å². The van der Waals surface area contributed by atoms with Gasteiger partial charge in [-0.2, -0.15) is 4.31 Å². The van der Waals surface area contributed by atoms with Gasteiger partial charge in [-0.15, -0.1) is 0 Å². The topological polar surface area (TPSA) is 66.5 Å². The molecule has 0 aliphatic heterocycles. The summed E-state index contributed by atoms with van der Waals surface area (Å²) in [6.07, 6.45) is 1.12. The highest BCUT2D eigenvalue weighted by Gasteiger charge is 2.20. The van der Waals surface area contributed by atoms with E-state index in [0.717, 1.165) is 28.5 Å². The van der Waals surface area contributed by atoms with E-state index in [1.54, 1.807) is 0 Å². The fourth-order valence-electron chi connectivity index (χ4n) is 2.37. The number of aryl methyl sites for hydroxylation is 3. The summed E-state index contributed by atoms with van der Waals surface area (Å²) < 4.78 is 25.2. The van der Waals surface area contributed by atoms with Crippen molar-refractivity contribution in [2.75, 3.05) is 18.1 Å². The average molecular weight is 360 g/mol. The molecule has 134 valence electrons. The van der Waals surface area contributed by atoms with Gasteiger partial charge in [0.05, 0.1) is 12.8 Å². The monoisotopic (exact) mass is 360 g/mol. The smallest absolute Gasteiger partial charge is 0.239 e. The summed E-state index contributed by atoms with van der Waals surface area (Å²) >= 11 is 0. The second kappa shape index (κ2) is 7.80. The molecule has 2 aromatic rings. The summed E-state index contributed by atoms with van der Waals surface area (Å²) in [7, 11) is -3.50. The maximum absolute atomic E-state index is 12.3. The third-order valence-corrected chi connectivity index (χ3v) is 5.26. The van der Waals surface area contributed by atoms with Crippen molar-refractivity contribution < 1.29 is 13.2 Å². The van der Waals surface area contributed by atoms with Gasteiger partial charge in [-0.05, 0) is 49.6 Å². The molecule has 2 rings (SSSR count). The normalized spacial score (nSPS) is 11.6. The zero-order valence-corrected chi connectivity index (χ0v) is 15.9. The van der Waals surface area contributed by atoms with Crippen molar-refractivity contribution in [1.82, 2.24) is 4.31 Å². The number of hydrogen-bond acceptors (Lipinski definition) is 3. The zero-order chi connectivity index (χ0) is 18.6. The van der Waals surface area contributed by atoms with Gasteiger partial charge in [-0.3, -0.25) is 4.79 Å². The van der Waals surface area contributed by atoms with Gasteiger partial charge in [0.1, 0.15) is 0 Å². The van der Waals surface area contributed by atoms with Crippen LogP contribution >= 0.6 is 0 Å². The van der Waals surface area contributed by atoms with Crippen LogP contribution in [0.1, 0.15) is 22.3 Å². The molecule has 1 N–H and O–H groups in total. The zero-order valence-electron chi connectivity index (χ0n) is 15.0. The quantitative estimate of drug-likeness (QED) is 0.861. The van der Waals surface area contributed by atoms with Gasteiger partial charge >= 0.3 is 0 Å². The Morgan fingerprint density at radius 2 is 1.64 bits per heavy atom. The van der Waals surface area contributed by atoms with Crippen LogP contribution in [0.3, 0.4) is 0 Å². The molecule has 0 aliphatic rings. The van der Waals surface area contributed by atoms with E-state index in [1.165, 1.54) is 4.31 Å². The minimum absolute atomic E-state index is 0.166. The number of benzene rings is 2. The van der Waals surface area contributed by atoms with Gasteiger partial charge in [0.15, 0.2) is 0 Å². The Kier molecular flexibility index (Phi) is 5.98. The minimum atomic E-state index is -3.50. The highest BCUT2D eigenvalue weighted by Crippen LogP contribution is 2.15. The lowest BCUT2D eigenvalue weighted by atomic mass is 10.1. The third-order valence-electron chi connectivity index (χ3n) is 4.06. The minimum Gasteiger partial charge on any atom is -0.325 e. The lowest BCUT2D eigenvalue weighted by Crippen LogP contribution is -2.36. The number of nitrogens with one attached hydrogen (secondary N) is 1. The van der Waals surface area contributed by atoms with Crippen LogP contribution in [0.5, 0.6) is 0 Å². The Bertz CT molecular complexity index is 859. The first-order valence-electron chi connectivity index (χ1n) is 8.03. The maximum Gasteiger partial charge on any atom is 0.239 e. The number of carbonyl (C=O) groups excluding carboxylic acids is 1. The number of sulfonamides is 1. The predicted molar refractivity (Wildman–Crippen MR) is 101 cm³/mol. The lowest BCUT2D eigenvalue weighted by molar-refractivity contribution is -0.116. The number of amides is 1. The van der Waals surface area contributed by atoms with E-state index in [2.05, 4.69) is 5.32 Å². The Balaban J connectivity index is 2.09. The van der Waals surface area contributed by atoms with E-state index in [-0.39, 0.29) is 19.0 Å². The molecule has 0 aromatic heterocycles. The molecule has 0 saturated heterocycles. The van der Waals surface area contributed by atoms with Crippen LogP contribution in [-0.2, 0) is 21.4 Å². The van der Waals surface area contributed by atoms with Crippen LogP contribution in [0.15, 0.2) is 42.5 Å². The van der Waals surface area contributed by atoms with Crippen LogP contribution < -0.4 is 5.32 Å². The molecule has 5 nitrogen and oxygen atoms in total. The van der Waals surface area contributed by atoms with Gasteiger partial charge in [0, 0.05) is 12.2 Å². The predicted octanol–water partition coefficient (Wildman–Crippen LogP) is 3.01. The first kappa shape index (κ1) is 19.1. The van der Waals surface area contributed by atoms with Gasteiger partial charge < -0.3 is 5.32 Å². The highest BCUT2D eigenvalue weighted by atomic mass is 32.2. The van der Waals surface area contributed by atoms with Crippen molar-refractivity contribution >= 4 is 21.6 Å². The van der Waals surface area contributed by atoms with Crippen molar-refractivity contribution in [1.29, 1.82) is 0 Å². The largest absolute Gasteiger partial charge is 0.325 e. The number of nitrogens with zero attached hydrogens (tertiary/aromatic N) is 1. The van der Waals surface area contributed by atoms with Crippen molar-refractivity contribution in [2.24, 2.45) is 0 Å². The average Bonchev–Trinajstić information content (AvgIpc) is 2.51. The summed E-state index contributed by atoms with van der Waals surface area (Å²) in [6, 6.07) is 13.2. The second-order valence-corrected chi connectivity index (χ2v) is 8.35. The molecule has 0 saturated carbocycles. The molecule has 0 bridgehead atoms. The maximum atomic E-state index is 12.3. The van der Waals surface area contributed by atoms with Crippen molar-refractivity contribution in [3.8, 4) is 0 Å². The first-order valence-corrected chi connectivity index (χ1v) is 9.88. The van der Waals surface area contributed by atoms with Crippen molar-refractivity contribution in [2.45, 2.75) is 27.3 Å². The van der Waals surface area contributed by atoms with E-state index >= 15 is 0 Å². The van der Waals surface area contributed by atoms with E-state index in [1.807, 2.05) is 63.2 Å². The summed E-state index contributed by atoms with van der Waals surface area (Å²) in [5.41, 5.74) is 4.81. The van der Waals surface area contributed by atoms with Crippen LogP contribution in [0, 0.1) is 20.8 Å². The molecule has 25 heavy (non-hydrogen) atoms. The lowest BCUT2D eigenvalue weighted by Gasteiger charge is -2.20. The van der Waals surface area contributed by atoms with Gasteiger partial charge in [0.2, 0.25) is 15.9 Å². The van der Waals surface area contributed by atoms with E-state index in [9.17, 15) is 13.2 Å². The van der Waals surface area contributed by atoms with Crippen LogP contribution in [-0.4, -0.2) is 31.4 Å². The molecular weight excluding hydrogens is 336 g/mol. The van der Waals surface area contributed by atoms with E-state index < -0.39 is 10.0 Å². The van der Waals surface area contributed by atoms with Gasteiger partial charge in [0.25, 0.3) is 0 Å². The summed E-state index contributed by atoms with van der Waals surface area (Å²) in [5.74, 6) is -0.360.